The highest BCUT2D eigenvalue weighted by Crippen LogP contribution is 2.25. The van der Waals surface area contributed by atoms with E-state index in [1.54, 1.807) is 7.11 Å². The summed E-state index contributed by atoms with van der Waals surface area (Å²) in [5.41, 5.74) is 1.30. The number of hydrogen-bond donors (Lipinski definition) is 0. The highest BCUT2D eigenvalue weighted by atomic mass is 19.1. The van der Waals surface area contributed by atoms with Gasteiger partial charge in [0.05, 0.1) is 18.5 Å². The number of anilines is 1. The number of ether oxygens (including phenoxy) is 1. The van der Waals surface area contributed by atoms with E-state index < -0.39 is 5.82 Å². The lowest BCUT2D eigenvalue weighted by Gasteiger charge is -2.38. The van der Waals surface area contributed by atoms with E-state index in [2.05, 4.69) is 39.1 Å². The van der Waals surface area contributed by atoms with Gasteiger partial charge in [-0.15, -0.1) is 0 Å². The second-order valence-electron chi connectivity index (χ2n) is 5.66. The van der Waals surface area contributed by atoms with Gasteiger partial charge in [-0.1, -0.05) is 30.3 Å². The molecule has 1 saturated heterocycles. The van der Waals surface area contributed by atoms with Crippen molar-refractivity contribution in [3.8, 4) is 0 Å². The van der Waals surface area contributed by atoms with Crippen LogP contribution in [0.5, 0.6) is 0 Å². The van der Waals surface area contributed by atoms with Crippen molar-refractivity contribution in [1.82, 2.24) is 9.97 Å². The molecule has 3 rings (SSSR count). The molecule has 1 aromatic carbocycles. The zero-order chi connectivity index (χ0) is 15.4. The number of nitrogens with zero attached hydrogens (tertiary/aromatic N) is 3. The van der Waals surface area contributed by atoms with E-state index in [0.29, 0.717) is 11.9 Å². The molecule has 0 N–H and O–H groups in total. The van der Waals surface area contributed by atoms with Crippen LogP contribution in [0.3, 0.4) is 0 Å². The van der Waals surface area contributed by atoms with Crippen LogP contribution in [0.4, 0.5) is 10.3 Å². The van der Waals surface area contributed by atoms with Crippen LogP contribution in [0.2, 0.25) is 0 Å². The smallest absolute Gasteiger partial charge is 0.225 e. The molecule has 1 fully saturated rings. The number of benzene rings is 1. The Morgan fingerprint density at radius 2 is 1.95 bits per heavy atom. The summed E-state index contributed by atoms with van der Waals surface area (Å²) < 4.78 is 18.6. The number of methoxy groups -OCH3 is 1. The van der Waals surface area contributed by atoms with Crippen molar-refractivity contribution in [2.45, 2.75) is 18.9 Å². The van der Waals surface area contributed by atoms with Crippen molar-refractivity contribution in [3.05, 3.63) is 54.1 Å². The first-order valence-electron chi connectivity index (χ1n) is 7.55. The van der Waals surface area contributed by atoms with Crippen LogP contribution in [0.1, 0.15) is 12.0 Å². The van der Waals surface area contributed by atoms with Crippen LogP contribution in [0.15, 0.2) is 42.7 Å². The van der Waals surface area contributed by atoms with Crippen molar-refractivity contribution in [1.29, 1.82) is 0 Å². The number of hydrogen-bond acceptors (Lipinski definition) is 4. The fourth-order valence-electron chi connectivity index (χ4n) is 3.08. The third-order valence-corrected chi connectivity index (χ3v) is 4.20. The monoisotopic (exact) mass is 301 g/mol. The van der Waals surface area contributed by atoms with E-state index in [0.717, 1.165) is 25.9 Å². The van der Waals surface area contributed by atoms with Gasteiger partial charge in [-0.25, -0.2) is 14.4 Å². The van der Waals surface area contributed by atoms with E-state index in [1.807, 2.05) is 6.07 Å². The molecule has 0 bridgehead atoms. The Morgan fingerprint density at radius 1 is 1.23 bits per heavy atom. The summed E-state index contributed by atoms with van der Waals surface area (Å²) in [5, 5.41) is 0. The third kappa shape index (κ3) is 3.42. The van der Waals surface area contributed by atoms with Crippen LogP contribution in [0.25, 0.3) is 0 Å². The van der Waals surface area contributed by atoms with Crippen molar-refractivity contribution >= 4 is 5.95 Å². The van der Waals surface area contributed by atoms with Crippen LogP contribution < -0.4 is 4.90 Å². The predicted molar refractivity (Wildman–Crippen MR) is 83.3 cm³/mol. The van der Waals surface area contributed by atoms with Crippen molar-refractivity contribution in [3.63, 3.8) is 0 Å². The first kappa shape index (κ1) is 14.9. The van der Waals surface area contributed by atoms with Gasteiger partial charge < -0.3 is 9.64 Å². The molecule has 2 heterocycles. The van der Waals surface area contributed by atoms with E-state index in [9.17, 15) is 4.39 Å². The maximum absolute atomic E-state index is 13.0. The van der Waals surface area contributed by atoms with Crippen LogP contribution in [-0.2, 0) is 11.2 Å². The highest BCUT2D eigenvalue weighted by Gasteiger charge is 2.30. The Bertz CT molecular complexity index is 591. The molecule has 0 saturated carbocycles. The van der Waals surface area contributed by atoms with E-state index in [4.69, 9.17) is 4.74 Å². The van der Waals surface area contributed by atoms with Gasteiger partial charge in [-0.05, 0) is 18.4 Å². The average Bonchev–Trinajstić information content (AvgIpc) is 2.56. The molecule has 0 aliphatic carbocycles. The van der Waals surface area contributed by atoms with Crippen molar-refractivity contribution in [2.24, 2.45) is 5.92 Å². The lowest BCUT2D eigenvalue weighted by molar-refractivity contribution is 0.0374. The number of rotatable bonds is 4. The molecule has 1 aliphatic heterocycles. The SMILES string of the molecule is CO[C@@H]1CCN(c2ncc(F)cn2)C[C@@H]1Cc1ccccc1. The first-order chi connectivity index (χ1) is 10.8. The zero-order valence-corrected chi connectivity index (χ0v) is 12.7. The van der Waals surface area contributed by atoms with Gasteiger partial charge >= 0.3 is 0 Å². The topological polar surface area (TPSA) is 38.2 Å². The largest absolute Gasteiger partial charge is 0.381 e. The normalized spacial score (nSPS) is 21.8. The second kappa shape index (κ2) is 6.83. The molecule has 0 unspecified atom stereocenters. The van der Waals surface area contributed by atoms with Gasteiger partial charge in [0.15, 0.2) is 5.82 Å². The molecule has 2 aromatic rings. The van der Waals surface area contributed by atoms with Gasteiger partial charge in [0.1, 0.15) is 0 Å². The molecule has 1 aliphatic rings. The molecule has 22 heavy (non-hydrogen) atoms. The minimum absolute atomic E-state index is 0.233. The molecule has 4 nitrogen and oxygen atoms in total. The maximum Gasteiger partial charge on any atom is 0.225 e. The Morgan fingerprint density at radius 3 is 2.64 bits per heavy atom. The van der Waals surface area contributed by atoms with E-state index >= 15 is 0 Å². The Balaban J connectivity index is 1.73. The molecule has 0 radical (unpaired) electrons. The summed E-state index contributed by atoms with van der Waals surface area (Å²) in [6.07, 6.45) is 4.55. The number of piperidine rings is 1. The highest BCUT2D eigenvalue weighted by molar-refractivity contribution is 5.30. The number of aromatic nitrogens is 2. The van der Waals surface area contributed by atoms with Crippen molar-refractivity contribution in [2.75, 3.05) is 25.1 Å². The maximum atomic E-state index is 13.0. The fraction of sp³-hybridized carbons (Fsp3) is 0.412. The van der Waals surface area contributed by atoms with Gasteiger partial charge in [0.25, 0.3) is 0 Å². The standard InChI is InChI=1S/C17H20FN3O/c1-22-16-7-8-21(17-19-10-15(18)11-20-17)12-14(16)9-13-5-3-2-4-6-13/h2-6,10-11,14,16H,7-9,12H2,1H3/t14-,16+/m0/s1. The molecule has 0 amide bonds. The molecular weight excluding hydrogens is 281 g/mol. The first-order valence-corrected chi connectivity index (χ1v) is 7.55. The molecule has 1 aromatic heterocycles. The van der Waals surface area contributed by atoms with Gasteiger partial charge in [0, 0.05) is 26.1 Å². The van der Waals surface area contributed by atoms with Gasteiger partial charge in [-0.3, -0.25) is 0 Å². The van der Waals surface area contributed by atoms with Crippen LogP contribution in [-0.4, -0.2) is 36.3 Å². The zero-order valence-electron chi connectivity index (χ0n) is 12.7. The summed E-state index contributed by atoms with van der Waals surface area (Å²) in [7, 11) is 1.77. The van der Waals surface area contributed by atoms with E-state index in [1.165, 1.54) is 18.0 Å². The van der Waals surface area contributed by atoms with E-state index in [-0.39, 0.29) is 6.10 Å². The Hall–Kier alpha value is -2.01. The lowest BCUT2D eigenvalue weighted by Crippen LogP contribution is -2.45. The summed E-state index contributed by atoms with van der Waals surface area (Å²) in [6, 6.07) is 10.4. The second-order valence-corrected chi connectivity index (χ2v) is 5.66. The van der Waals surface area contributed by atoms with Gasteiger partial charge in [-0.2, -0.15) is 0 Å². The minimum atomic E-state index is -0.406. The third-order valence-electron chi connectivity index (χ3n) is 4.20. The fourth-order valence-corrected chi connectivity index (χ4v) is 3.08. The molecular formula is C17H20FN3O. The lowest BCUT2D eigenvalue weighted by atomic mass is 9.88. The summed E-state index contributed by atoms with van der Waals surface area (Å²) >= 11 is 0. The van der Waals surface area contributed by atoms with Crippen LogP contribution in [0, 0.1) is 11.7 Å². The summed E-state index contributed by atoms with van der Waals surface area (Å²) in [4.78, 5) is 10.3. The van der Waals surface area contributed by atoms with Crippen LogP contribution >= 0.6 is 0 Å². The Labute approximate surface area is 130 Å². The predicted octanol–water partition coefficient (Wildman–Crippen LogP) is 2.70. The number of halogens is 1. The average molecular weight is 301 g/mol. The molecule has 0 spiro atoms. The molecule has 5 heteroatoms. The van der Waals surface area contributed by atoms with Gasteiger partial charge in [0.2, 0.25) is 5.95 Å². The molecule has 2 atom stereocenters. The minimum Gasteiger partial charge on any atom is -0.381 e. The quantitative estimate of drug-likeness (QED) is 0.870. The van der Waals surface area contributed by atoms with Crippen molar-refractivity contribution < 1.29 is 9.13 Å². The molecule has 116 valence electrons. The summed E-state index contributed by atoms with van der Waals surface area (Å²) in [5.74, 6) is 0.556. The summed E-state index contributed by atoms with van der Waals surface area (Å²) in [6.45, 7) is 1.65. The Kier molecular flexibility index (Phi) is 4.63.